The van der Waals surface area contributed by atoms with Gasteiger partial charge in [-0.3, -0.25) is 9.05 Å². The molecule has 0 spiro atoms. The third-order valence-electron chi connectivity index (χ3n) is 26.4. The van der Waals surface area contributed by atoms with Crippen LogP contribution in [0.3, 0.4) is 0 Å². The summed E-state index contributed by atoms with van der Waals surface area (Å²) in [6, 6.07) is 0. The number of aliphatic hydroxyl groups excluding tert-OH is 6. The molecule has 112 heavy (non-hydrogen) atoms. The molecule has 7 N–H and O–H groups in total. The van der Waals surface area contributed by atoms with E-state index in [0.717, 1.165) is 103 Å². The van der Waals surface area contributed by atoms with Crippen LogP contribution in [0.25, 0.3) is 0 Å². The number of ether oxygens (including phenoxy) is 6. The van der Waals surface area contributed by atoms with Gasteiger partial charge < -0.3 is 64.0 Å². The molecule has 670 valence electrons. The lowest BCUT2D eigenvalue weighted by molar-refractivity contribution is -0.306. The normalized spacial score (nSPS) is 36.8. The van der Waals surface area contributed by atoms with Gasteiger partial charge in [0.15, 0.2) is 6.29 Å². The Balaban J connectivity index is 1.91. The van der Waals surface area contributed by atoms with E-state index in [4.69, 9.17) is 37.5 Å². The van der Waals surface area contributed by atoms with E-state index in [-0.39, 0.29) is 19.8 Å². The van der Waals surface area contributed by atoms with Crippen LogP contribution in [0.5, 0.6) is 0 Å². The summed E-state index contributed by atoms with van der Waals surface area (Å²) in [5.74, 6) is 11.5. The largest absolute Gasteiger partial charge is 0.472 e. The van der Waals surface area contributed by atoms with Crippen molar-refractivity contribution in [2.75, 3.05) is 72.7 Å². The number of rotatable bonds is 11. The molecule has 17 heteroatoms. The zero-order valence-corrected chi connectivity index (χ0v) is 76.9. The lowest BCUT2D eigenvalue weighted by Crippen LogP contribution is -2.59. The van der Waals surface area contributed by atoms with E-state index in [9.17, 15) is 40.1 Å². The summed E-state index contributed by atoms with van der Waals surface area (Å²) in [5, 5.41) is 60.1. The molecule has 16 nitrogen and oxygen atoms in total. The zero-order valence-electron chi connectivity index (χ0n) is 76.0. The molecule has 0 aromatic heterocycles. The van der Waals surface area contributed by atoms with Crippen LogP contribution in [0.4, 0.5) is 0 Å². The molecule has 0 amide bonds. The first-order valence-electron chi connectivity index (χ1n) is 47.7. The predicted molar refractivity (Wildman–Crippen MR) is 465 cm³/mol. The van der Waals surface area contributed by atoms with Crippen molar-refractivity contribution in [3.05, 3.63) is 0 Å². The fourth-order valence-electron chi connectivity index (χ4n) is 17.2. The van der Waals surface area contributed by atoms with Crippen molar-refractivity contribution in [3.63, 3.8) is 0 Å². The average Bonchev–Trinajstić information content (AvgIpc) is 0.818. The van der Waals surface area contributed by atoms with Crippen molar-refractivity contribution in [2.24, 2.45) is 94.7 Å². The minimum atomic E-state index is -4.47. The Labute approximate surface area is 691 Å². The summed E-state index contributed by atoms with van der Waals surface area (Å²) in [4.78, 5) is 10.3. The van der Waals surface area contributed by atoms with Crippen molar-refractivity contribution in [3.8, 4) is 0 Å². The van der Waals surface area contributed by atoms with Gasteiger partial charge in [-0.15, -0.1) is 0 Å². The van der Waals surface area contributed by atoms with Crippen LogP contribution in [0.15, 0.2) is 0 Å². The summed E-state index contributed by atoms with van der Waals surface area (Å²) in [6.45, 7) is 40.1. The number of aliphatic hydroxyl groups is 6. The van der Waals surface area contributed by atoms with Crippen LogP contribution < -0.4 is 0 Å². The fraction of sp³-hybridized carbons (Fsp3) is 1.00. The highest BCUT2D eigenvalue weighted by atomic mass is 31.2. The molecule has 0 radical (unpaired) electrons. The van der Waals surface area contributed by atoms with Crippen LogP contribution >= 0.6 is 7.82 Å². The van der Waals surface area contributed by atoms with Crippen molar-refractivity contribution in [1.82, 2.24) is 0 Å². The summed E-state index contributed by atoms with van der Waals surface area (Å²) in [6.07, 6.45) is 47.1. The lowest BCUT2D eigenvalue weighted by Gasteiger charge is -2.40. The SMILES string of the molecule is C[C@@H]1CCC[C@H](C)CCC[C@H](C)CC[C@@H](C)CCC[C@@H](C)CCC[C@@H](C)CCC[C@@H](C)CCO[C@H](COP(=O)(O)OCC(O)CO)COCC[C@H](C)CCC[C@H](C)CCC[C@H](C)CCC[C@H](C)CC[C@@H](C)CCC[C@@H](C)CCC[C@@H](C)CCC[C@@H](C)CCOC(CO[C@H]2O[C@@H](CO)[C@@H](O)[C@H](O)[C@@H]2O)COCC[C@H](C)CCC1. The van der Waals surface area contributed by atoms with Gasteiger partial charge in [0.05, 0.1) is 46.2 Å². The molecule has 2 rings (SSSR count). The molecular weight excluding hydrogens is 1430 g/mol. The molecule has 2 fully saturated rings. The maximum absolute atomic E-state index is 12.7. The highest BCUT2D eigenvalue weighted by Crippen LogP contribution is 2.44. The summed E-state index contributed by atoms with van der Waals surface area (Å²) in [7, 11) is -4.47. The smallest absolute Gasteiger partial charge is 0.394 e. The molecule has 0 aromatic rings. The highest BCUT2D eigenvalue weighted by molar-refractivity contribution is 7.47. The average molecular weight is 1620 g/mol. The van der Waals surface area contributed by atoms with Crippen molar-refractivity contribution in [2.45, 2.75) is 442 Å². The quantitative estimate of drug-likeness (QED) is 0.0953. The molecule has 0 bridgehead atoms. The van der Waals surface area contributed by atoms with Gasteiger partial charge >= 0.3 is 7.82 Å². The predicted octanol–water partition coefficient (Wildman–Crippen LogP) is 23.4. The van der Waals surface area contributed by atoms with Gasteiger partial charge in [0, 0.05) is 26.4 Å². The van der Waals surface area contributed by atoms with Gasteiger partial charge in [0.1, 0.15) is 42.7 Å². The van der Waals surface area contributed by atoms with Crippen molar-refractivity contribution in [1.29, 1.82) is 0 Å². The minimum absolute atomic E-state index is 0.0907. The van der Waals surface area contributed by atoms with Gasteiger partial charge in [-0.2, -0.15) is 0 Å². The molecular formula is C95H189O16P. The molecule has 2 aliphatic rings. The van der Waals surface area contributed by atoms with Crippen molar-refractivity contribution >= 4 is 7.82 Å². The Morgan fingerprint density at radius 1 is 0.321 bits per heavy atom. The molecule has 2 heterocycles. The molecule has 2 aliphatic heterocycles. The van der Waals surface area contributed by atoms with Crippen LogP contribution in [-0.2, 0) is 42.0 Å². The topological polar surface area (TPSA) is 233 Å². The Kier molecular flexibility index (Phi) is 64.7. The van der Waals surface area contributed by atoms with Gasteiger partial charge in [-0.1, -0.05) is 368 Å². The molecule has 0 aliphatic carbocycles. The molecule has 0 saturated carbocycles. The zero-order chi connectivity index (χ0) is 82.9. The second kappa shape index (κ2) is 67.2. The molecule has 2 saturated heterocycles. The third kappa shape index (κ3) is 58.6. The Morgan fingerprint density at radius 2 is 0.562 bits per heavy atom. The third-order valence-corrected chi connectivity index (χ3v) is 27.4. The second-order valence-electron chi connectivity index (χ2n) is 39.2. The van der Waals surface area contributed by atoms with Crippen LogP contribution in [-0.4, -0.2) is 157 Å². The maximum atomic E-state index is 12.7. The van der Waals surface area contributed by atoms with E-state index in [1.54, 1.807) is 0 Å². The first-order valence-corrected chi connectivity index (χ1v) is 49.2. The standard InChI is InChI=1S/C95H189O16P/c1-72-29-17-33-76(5)41-25-49-84(13)57-61-104-68-89(70-108-95-94(101)93(100)92(99)91(66-97)111-95)106-63-59-86(15)51-27-43-78(7)35-19-31-74(3)39-23-47-82(11)55-53-81(10)46-22-38-73(2)30-18-34-77(6)42-26-50-85(14)58-62-105-69-90(71-110-112(102,103)109-67-88(98)65-96)107-64-60-87(16)52-28-44-79(8)36-20-32-75(4)40-24-48-83(12)56-54-80(9)45-21-37-72/h72-101H,17-71H2,1-16H3,(H,102,103)/t72-,73-,74-,75-,76+,77+,78+,79+,80-,81-,82-,83-,84+,85+,86+,87+,88?,89?,90-,91-,92+,93-,94-,95-/m0/s1. The van der Waals surface area contributed by atoms with Gasteiger partial charge in [-0.05, 0) is 120 Å². The van der Waals surface area contributed by atoms with E-state index in [2.05, 4.69) is 111 Å². The fourth-order valence-corrected chi connectivity index (χ4v) is 18.0. The monoisotopic (exact) mass is 1620 g/mol. The Morgan fingerprint density at radius 3 is 0.821 bits per heavy atom. The molecule has 3 unspecified atom stereocenters. The van der Waals surface area contributed by atoms with Crippen LogP contribution in [0, 0.1) is 94.7 Å². The van der Waals surface area contributed by atoms with E-state index in [0.29, 0.717) is 56.7 Å². The van der Waals surface area contributed by atoms with Gasteiger partial charge in [-0.25, -0.2) is 4.57 Å². The molecule has 0 aromatic carbocycles. The number of phosphoric ester groups is 1. The van der Waals surface area contributed by atoms with Gasteiger partial charge in [0.2, 0.25) is 0 Å². The van der Waals surface area contributed by atoms with E-state index >= 15 is 0 Å². The van der Waals surface area contributed by atoms with E-state index in [1.807, 2.05) is 0 Å². The first-order chi connectivity index (χ1) is 53.5. The first kappa shape index (κ1) is 108. The second-order valence-corrected chi connectivity index (χ2v) is 40.7. The summed E-state index contributed by atoms with van der Waals surface area (Å²) in [5.41, 5.74) is 0. The molecule has 25 atom stereocenters. The van der Waals surface area contributed by atoms with Crippen LogP contribution in [0.2, 0.25) is 0 Å². The lowest BCUT2D eigenvalue weighted by atomic mass is 9.88. The van der Waals surface area contributed by atoms with Crippen LogP contribution in [0.1, 0.15) is 393 Å². The van der Waals surface area contributed by atoms with Crippen molar-refractivity contribution < 1.29 is 77.6 Å². The summed E-state index contributed by atoms with van der Waals surface area (Å²) < 4.78 is 59.7. The highest BCUT2D eigenvalue weighted by Gasteiger charge is 2.44. The Hall–Kier alpha value is -0.370. The number of hydrogen-bond donors (Lipinski definition) is 7. The Bertz CT molecular complexity index is 2150. The van der Waals surface area contributed by atoms with E-state index in [1.165, 1.54) is 250 Å². The number of phosphoric acid groups is 1. The minimum Gasteiger partial charge on any atom is -0.394 e. The van der Waals surface area contributed by atoms with Gasteiger partial charge in [0.25, 0.3) is 0 Å². The van der Waals surface area contributed by atoms with E-state index < -0.39 is 76.7 Å². The summed E-state index contributed by atoms with van der Waals surface area (Å²) >= 11 is 0. The number of hydrogen-bond acceptors (Lipinski definition) is 15. The maximum Gasteiger partial charge on any atom is 0.472 e.